The molecule has 0 aromatic carbocycles. The Kier molecular flexibility index (Phi) is 6.48. The predicted molar refractivity (Wildman–Crippen MR) is 57.1 cm³/mol. The summed E-state index contributed by atoms with van der Waals surface area (Å²) in [6.45, 7) is 5.23. The normalized spacial score (nSPS) is 14.3. The third-order valence-corrected chi connectivity index (χ3v) is 3.90. The summed E-state index contributed by atoms with van der Waals surface area (Å²) in [4.78, 5) is 10.9. The number of rotatable bonds is 7. The smallest absolute Gasteiger partial charge is 0.348 e. The van der Waals surface area contributed by atoms with Crippen LogP contribution in [0.4, 0.5) is 0 Å². The standard InChI is InChI=1S/C9H17O5P/c1-4-7-8(9(10)11)15(12,13-5-2)14-6-3/h4,7-8H,5-6H2,1-3H3,(H,10,11). The van der Waals surface area contributed by atoms with E-state index >= 15 is 0 Å². The third kappa shape index (κ3) is 4.16. The van der Waals surface area contributed by atoms with E-state index in [2.05, 4.69) is 0 Å². The second-order valence-electron chi connectivity index (χ2n) is 2.68. The van der Waals surface area contributed by atoms with Crippen LogP contribution in [0.1, 0.15) is 20.8 Å². The SMILES string of the molecule is CC=CC(C(=O)O)P(=O)(OCC)OCC. The molecule has 0 heterocycles. The highest BCUT2D eigenvalue weighted by atomic mass is 31.2. The van der Waals surface area contributed by atoms with Gasteiger partial charge in [-0.25, -0.2) is 0 Å². The molecule has 0 radical (unpaired) electrons. The summed E-state index contributed by atoms with van der Waals surface area (Å²) in [5.41, 5.74) is -1.23. The Morgan fingerprint density at radius 1 is 1.40 bits per heavy atom. The fraction of sp³-hybridized carbons (Fsp3) is 0.667. The second-order valence-corrected chi connectivity index (χ2v) is 4.84. The Hall–Kier alpha value is -0.640. The highest BCUT2D eigenvalue weighted by Crippen LogP contribution is 2.53. The summed E-state index contributed by atoms with van der Waals surface area (Å²) in [7, 11) is -3.59. The van der Waals surface area contributed by atoms with Crippen LogP contribution in [0.15, 0.2) is 12.2 Å². The van der Waals surface area contributed by atoms with E-state index in [-0.39, 0.29) is 13.2 Å². The van der Waals surface area contributed by atoms with Crippen molar-refractivity contribution >= 4 is 13.6 Å². The molecule has 5 nitrogen and oxygen atoms in total. The summed E-state index contributed by atoms with van der Waals surface area (Å²) < 4.78 is 22.0. The number of carboxylic acids is 1. The van der Waals surface area contributed by atoms with Gasteiger partial charge in [-0.3, -0.25) is 9.36 Å². The molecule has 0 aromatic heterocycles. The maximum Gasteiger partial charge on any atom is 0.348 e. The van der Waals surface area contributed by atoms with E-state index < -0.39 is 19.2 Å². The molecule has 0 saturated heterocycles. The molecule has 6 heteroatoms. The van der Waals surface area contributed by atoms with Crippen molar-refractivity contribution in [2.24, 2.45) is 0 Å². The van der Waals surface area contributed by atoms with E-state index in [9.17, 15) is 9.36 Å². The lowest BCUT2D eigenvalue weighted by molar-refractivity contribution is -0.136. The number of aliphatic carboxylic acids is 1. The van der Waals surface area contributed by atoms with E-state index in [0.717, 1.165) is 0 Å². The molecular formula is C9H17O5P. The van der Waals surface area contributed by atoms with Crippen LogP contribution in [-0.2, 0) is 18.4 Å². The Morgan fingerprint density at radius 2 is 1.87 bits per heavy atom. The van der Waals surface area contributed by atoms with Crippen molar-refractivity contribution in [1.82, 2.24) is 0 Å². The average molecular weight is 236 g/mol. The van der Waals surface area contributed by atoms with Gasteiger partial charge in [0.1, 0.15) is 0 Å². The van der Waals surface area contributed by atoms with Crippen molar-refractivity contribution < 1.29 is 23.5 Å². The van der Waals surface area contributed by atoms with Crippen molar-refractivity contribution in [3.05, 3.63) is 12.2 Å². The summed E-state index contributed by atoms with van der Waals surface area (Å²) in [5.74, 6) is -1.21. The van der Waals surface area contributed by atoms with Crippen LogP contribution in [0.3, 0.4) is 0 Å². The molecule has 0 aliphatic heterocycles. The molecule has 0 aliphatic rings. The molecule has 0 aromatic rings. The number of hydrogen-bond donors (Lipinski definition) is 1. The van der Waals surface area contributed by atoms with E-state index in [0.29, 0.717) is 0 Å². The summed E-state index contributed by atoms with van der Waals surface area (Å²) in [6.07, 6.45) is 2.83. The number of hydrogen-bond acceptors (Lipinski definition) is 4. The Labute approximate surface area is 89.6 Å². The van der Waals surface area contributed by atoms with Gasteiger partial charge in [0.15, 0.2) is 5.66 Å². The topological polar surface area (TPSA) is 72.8 Å². The predicted octanol–water partition coefficient (Wildman–Crippen LogP) is 2.28. The minimum Gasteiger partial charge on any atom is -0.480 e. The zero-order valence-corrected chi connectivity index (χ0v) is 10.1. The first-order valence-electron chi connectivity index (χ1n) is 4.76. The molecule has 15 heavy (non-hydrogen) atoms. The number of carbonyl (C=O) groups is 1. The maximum atomic E-state index is 12.1. The molecule has 1 unspecified atom stereocenters. The van der Waals surface area contributed by atoms with Crippen LogP contribution in [0.2, 0.25) is 0 Å². The largest absolute Gasteiger partial charge is 0.480 e. The first kappa shape index (κ1) is 14.4. The lowest BCUT2D eigenvalue weighted by atomic mass is 10.4. The van der Waals surface area contributed by atoms with Gasteiger partial charge in [0, 0.05) is 0 Å². The quantitative estimate of drug-likeness (QED) is 0.542. The highest BCUT2D eigenvalue weighted by molar-refractivity contribution is 7.56. The molecule has 0 saturated carbocycles. The lowest BCUT2D eigenvalue weighted by Crippen LogP contribution is -2.21. The second kappa shape index (κ2) is 6.77. The van der Waals surface area contributed by atoms with Gasteiger partial charge in [0.05, 0.1) is 13.2 Å². The zero-order valence-electron chi connectivity index (χ0n) is 9.17. The fourth-order valence-electron chi connectivity index (χ4n) is 1.06. The molecule has 0 bridgehead atoms. The van der Waals surface area contributed by atoms with E-state index in [1.807, 2.05) is 0 Å². The fourth-order valence-corrected chi connectivity index (χ4v) is 2.83. The number of allylic oxidation sites excluding steroid dienone is 1. The molecule has 0 fully saturated rings. The van der Waals surface area contributed by atoms with Gasteiger partial charge in [-0.2, -0.15) is 0 Å². The molecule has 1 atom stereocenters. The van der Waals surface area contributed by atoms with Crippen molar-refractivity contribution in [2.45, 2.75) is 26.4 Å². The van der Waals surface area contributed by atoms with Crippen molar-refractivity contribution in [1.29, 1.82) is 0 Å². The van der Waals surface area contributed by atoms with Gasteiger partial charge in [0.25, 0.3) is 0 Å². The van der Waals surface area contributed by atoms with Crippen molar-refractivity contribution in [3.63, 3.8) is 0 Å². The average Bonchev–Trinajstić information content (AvgIpc) is 2.14. The first-order chi connectivity index (χ1) is 7.01. The third-order valence-electron chi connectivity index (χ3n) is 1.59. The minimum absolute atomic E-state index is 0.151. The molecular weight excluding hydrogens is 219 g/mol. The Bertz CT molecular complexity index is 264. The van der Waals surface area contributed by atoms with Gasteiger partial charge in [-0.05, 0) is 20.8 Å². The minimum atomic E-state index is -3.59. The zero-order chi connectivity index (χ0) is 11.9. The van der Waals surface area contributed by atoms with Crippen molar-refractivity contribution in [2.75, 3.05) is 13.2 Å². The first-order valence-corrected chi connectivity index (χ1v) is 6.37. The summed E-state index contributed by atoms with van der Waals surface area (Å²) in [6, 6.07) is 0. The van der Waals surface area contributed by atoms with Gasteiger partial charge < -0.3 is 14.2 Å². The maximum absolute atomic E-state index is 12.1. The lowest BCUT2D eigenvalue weighted by Gasteiger charge is -2.20. The van der Waals surface area contributed by atoms with Crippen LogP contribution in [0, 0.1) is 0 Å². The Morgan fingerprint density at radius 3 is 2.13 bits per heavy atom. The van der Waals surface area contributed by atoms with Crippen LogP contribution in [0.5, 0.6) is 0 Å². The van der Waals surface area contributed by atoms with Crippen LogP contribution < -0.4 is 0 Å². The van der Waals surface area contributed by atoms with E-state index in [1.165, 1.54) is 12.2 Å². The van der Waals surface area contributed by atoms with Gasteiger partial charge in [-0.15, -0.1) is 0 Å². The van der Waals surface area contributed by atoms with Crippen LogP contribution >= 0.6 is 7.60 Å². The molecule has 0 spiro atoms. The molecule has 88 valence electrons. The van der Waals surface area contributed by atoms with Crippen LogP contribution in [0.25, 0.3) is 0 Å². The molecule has 0 amide bonds. The monoisotopic (exact) mass is 236 g/mol. The van der Waals surface area contributed by atoms with Crippen LogP contribution in [-0.4, -0.2) is 29.9 Å². The summed E-state index contributed by atoms with van der Waals surface area (Å²) >= 11 is 0. The molecule has 0 aliphatic carbocycles. The van der Waals surface area contributed by atoms with Crippen molar-refractivity contribution in [3.8, 4) is 0 Å². The van der Waals surface area contributed by atoms with Gasteiger partial charge in [-0.1, -0.05) is 12.2 Å². The summed E-state index contributed by atoms with van der Waals surface area (Å²) in [5, 5.41) is 8.91. The van der Waals surface area contributed by atoms with Gasteiger partial charge in [0.2, 0.25) is 0 Å². The molecule has 0 rings (SSSR count). The van der Waals surface area contributed by atoms with Gasteiger partial charge >= 0.3 is 13.6 Å². The molecule has 1 N–H and O–H groups in total. The highest BCUT2D eigenvalue weighted by Gasteiger charge is 2.39. The number of carboxylic acid groups (broad SMARTS) is 1. The van der Waals surface area contributed by atoms with E-state index in [4.69, 9.17) is 14.2 Å². The Balaban J connectivity index is 4.99. The van der Waals surface area contributed by atoms with E-state index in [1.54, 1.807) is 20.8 Å².